The van der Waals surface area contributed by atoms with Gasteiger partial charge in [0.2, 0.25) is 0 Å². The van der Waals surface area contributed by atoms with Gasteiger partial charge >= 0.3 is 6.18 Å². The number of halogens is 3. The van der Waals surface area contributed by atoms with Crippen LogP contribution in [0.25, 0.3) is 0 Å². The number of phenolic OH excluding ortho intramolecular Hbond substituents is 1. The van der Waals surface area contributed by atoms with Crippen molar-refractivity contribution in [3.8, 4) is 5.75 Å². The Hall–Kier alpha value is -1.23. The molecule has 0 saturated carbocycles. The Balaban J connectivity index is 3.09. The van der Waals surface area contributed by atoms with Crippen LogP contribution in [-0.4, -0.2) is 16.8 Å². The topological polar surface area (TPSA) is 40.5 Å². The maximum atomic E-state index is 12.2. The summed E-state index contributed by atoms with van der Waals surface area (Å²) in [6.07, 6.45) is -4.46. The zero-order valence-electron chi connectivity index (χ0n) is 8.04. The quantitative estimate of drug-likeness (QED) is 0.803. The largest absolute Gasteiger partial charge is 0.508 e. The third-order valence-corrected chi connectivity index (χ3v) is 2.16. The molecule has 0 aliphatic heterocycles. The van der Waals surface area contributed by atoms with Gasteiger partial charge in [-0.15, -0.1) is 0 Å². The van der Waals surface area contributed by atoms with Crippen molar-refractivity contribution in [3.63, 3.8) is 0 Å². The maximum absolute atomic E-state index is 12.2. The molecule has 15 heavy (non-hydrogen) atoms. The average molecular weight is 220 g/mol. The van der Waals surface area contributed by atoms with Crippen molar-refractivity contribution in [2.75, 3.05) is 6.61 Å². The fourth-order valence-electron chi connectivity index (χ4n) is 1.24. The second-order valence-corrected chi connectivity index (χ2v) is 3.35. The van der Waals surface area contributed by atoms with Crippen molar-refractivity contribution in [2.24, 2.45) is 0 Å². The highest BCUT2D eigenvalue weighted by Gasteiger charge is 2.31. The minimum Gasteiger partial charge on any atom is -0.508 e. The van der Waals surface area contributed by atoms with Crippen LogP contribution in [0.5, 0.6) is 5.75 Å². The molecule has 0 aromatic heterocycles. The molecule has 2 nitrogen and oxygen atoms in total. The molecule has 0 spiro atoms. The third kappa shape index (κ3) is 2.62. The molecule has 5 heteroatoms. The van der Waals surface area contributed by atoms with Gasteiger partial charge < -0.3 is 10.2 Å². The fourth-order valence-corrected chi connectivity index (χ4v) is 1.24. The van der Waals surface area contributed by atoms with Crippen molar-refractivity contribution in [3.05, 3.63) is 29.3 Å². The molecular weight excluding hydrogens is 209 g/mol. The minimum atomic E-state index is -4.46. The lowest BCUT2D eigenvalue weighted by Gasteiger charge is -2.13. The Kier molecular flexibility index (Phi) is 3.24. The van der Waals surface area contributed by atoms with E-state index in [0.29, 0.717) is 11.6 Å². The van der Waals surface area contributed by atoms with E-state index in [0.717, 1.165) is 6.07 Å². The van der Waals surface area contributed by atoms with Gasteiger partial charge in [-0.2, -0.15) is 13.2 Å². The van der Waals surface area contributed by atoms with E-state index in [1.807, 2.05) is 0 Å². The minimum absolute atomic E-state index is 0.223. The molecule has 0 aliphatic rings. The Morgan fingerprint density at radius 3 is 2.33 bits per heavy atom. The van der Waals surface area contributed by atoms with E-state index in [9.17, 15) is 18.3 Å². The summed E-state index contributed by atoms with van der Waals surface area (Å²) < 4.78 is 36.7. The summed E-state index contributed by atoms with van der Waals surface area (Å²) in [4.78, 5) is 0. The summed E-state index contributed by atoms with van der Waals surface area (Å²) in [5, 5.41) is 18.2. The summed E-state index contributed by atoms with van der Waals surface area (Å²) in [5.74, 6) is -0.821. The Morgan fingerprint density at radius 2 is 1.93 bits per heavy atom. The van der Waals surface area contributed by atoms with Crippen LogP contribution in [0, 0.1) is 0 Å². The van der Waals surface area contributed by atoms with Gasteiger partial charge in [0.05, 0.1) is 5.56 Å². The van der Waals surface area contributed by atoms with Gasteiger partial charge in [0.1, 0.15) is 5.75 Å². The van der Waals surface area contributed by atoms with Crippen LogP contribution < -0.4 is 0 Å². The monoisotopic (exact) mass is 220 g/mol. The van der Waals surface area contributed by atoms with Crippen molar-refractivity contribution < 1.29 is 23.4 Å². The van der Waals surface area contributed by atoms with Crippen molar-refractivity contribution in [1.82, 2.24) is 0 Å². The molecule has 1 rings (SSSR count). The van der Waals surface area contributed by atoms with E-state index in [1.165, 1.54) is 6.07 Å². The number of aliphatic hydroxyl groups excluding tert-OH is 1. The number of aliphatic hydroxyl groups is 1. The van der Waals surface area contributed by atoms with E-state index in [4.69, 9.17) is 5.11 Å². The normalized spacial score (nSPS) is 13.9. The molecule has 1 aromatic rings. The van der Waals surface area contributed by atoms with Crippen LogP contribution in [-0.2, 0) is 6.18 Å². The second-order valence-electron chi connectivity index (χ2n) is 3.35. The van der Waals surface area contributed by atoms with Crippen LogP contribution >= 0.6 is 0 Å². The van der Waals surface area contributed by atoms with E-state index < -0.39 is 17.5 Å². The standard InChI is InChI=1S/C10H11F3O2/c1-6(5-14)8-3-2-7(4-9(8)15)10(11,12)13/h2-4,6,14-15H,5H2,1H3. The molecule has 1 unspecified atom stereocenters. The smallest absolute Gasteiger partial charge is 0.416 e. The van der Waals surface area contributed by atoms with Crippen molar-refractivity contribution >= 4 is 0 Å². The van der Waals surface area contributed by atoms with Gasteiger partial charge in [-0.3, -0.25) is 0 Å². The first-order chi connectivity index (χ1) is 6.86. The fraction of sp³-hybridized carbons (Fsp3) is 0.400. The number of benzene rings is 1. The highest BCUT2D eigenvalue weighted by atomic mass is 19.4. The van der Waals surface area contributed by atoms with Gasteiger partial charge in [0.25, 0.3) is 0 Å². The maximum Gasteiger partial charge on any atom is 0.416 e. The Bertz CT molecular complexity index is 347. The van der Waals surface area contributed by atoms with Crippen LogP contribution in [0.4, 0.5) is 13.2 Å². The summed E-state index contributed by atoms with van der Waals surface area (Å²) in [7, 11) is 0. The highest BCUT2D eigenvalue weighted by molar-refractivity contribution is 5.39. The molecule has 0 fully saturated rings. The van der Waals surface area contributed by atoms with E-state index in [-0.39, 0.29) is 12.5 Å². The predicted octanol–water partition coefficient (Wildman–Crippen LogP) is 2.51. The van der Waals surface area contributed by atoms with Crippen molar-refractivity contribution in [2.45, 2.75) is 19.0 Å². The molecule has 1 atom stereocenters. The lowest BCUT2D eigenvalue weighted by Crippen LogP contribution is -2.06. The first-order valence-corrected chi connectivity index (χ1v) is 4.37. The van der Waals surface area contributed by atoms with E-state index >= 15 is 0 Å². The molecule has 0 radical (unpaired) electrons. The number of alkyl halides is 3. The molecular formula is C10H11F3O2. The Labute approximate surface area is 85.0 Å². The number of aromatic hydroxyl groups is 1. The SMILES string of the molecule is CC(CO)c1ccc(C(F)(F)F)cc1O. The number of hydrogen-bond donors (Lipinski definition) is 2. The molecule has 0 aliphatic carbocycles. The lowest BCUT2D eigenvalue weighted by atomic mass is 9.99. The third-order valence-electron chi connectivity index (χ3n) is 2.16. The molecule has 0 saturated heterocycles. The van der Waals surface area contributed by atoms with E-state index in [1.54, 1.807) is 6.92 Å². The summed E-state index contributed by atoms with van der Waals surface area (Å²) in [5.41, 5.74) is -0.584. The van der Waals surface area contributed by atoms with Crippen LogP contribution in [0.1, 0.15) is 24.0 Å². The number of rotatable bonds is 2. The summed E-state index contributed by atoms with van der Waals surface area (Å²) in [6, 6.07) is 2.74. The van der Waals surface area contributed by atoms with Crippen LogP contribution in [0.2, 0.25) is 0 Å². The highest BCUT2D eigenvalue weighted by Crippen LogP contribution is 2.34. The summed E-state index contributed by atoms with van der Waals surface area (Å²) in [6.45, 7) is 1.39. The number of phenols is 1. The van der Waals surface area contributed by atoms with Crippen molar-refractivity contribution in [1.29, 1.82) is 0 Å². The van der Waals surface area contributed by atoms with Crippen LogP contribution in [0.3, 0.4) is 0 Å². The lowest BCUT2D eigenvalue weighted by molar-refractivity contribution is -0.137. The van der Waals surface area contributed by atoms with Crippen LogP contribution in [0.15, 0.2) is 18.2 Å². The van der Waals surface area contributed by atoms with Gasteiger partial charge in [-0.05, 0) is 17.7 Å². The molecule has 2 N–H and O–H groups in total. The zero-order chi connectivity index (χ0) is 11.6. The van der Waals surface area contributed by atoms with Gasteiger partial charge in [-0.25, -0.2) is 0 Å². The number of hydrogen-bond acceptors (Lipinski definition) is 2. The summed E-state index contributed by atoms with van der Waals surface area (Å²) >= 11 is 0. The Morgan fingerprint density at radius 1 is 1.33 bits per heavy atom. The second kappa shape index (κ2) is 4.10. The van der Waals surface area contributed by atoms with Gasteiger partial charge in [-0.1, -0.05) is 13.0 Å². The first kappa shape index (κ1) is 11.8. The average Bonchev–Trinajstić information content (AvgIpc) is 2.15. The molecule has 84 valence electrons. The first-order valence-electron chi connectivity index (χ1n) is 4.37. The van der Waals surface area contributed by atoms with Gasteiger partial charge in [0.15, 0.2) is 0 Å². The molecule has 1 aromatic carbocycles. The van der Waals surface area contributed by atoms with E-state index in [2.05, 4.69) is 0 Å². The van der Waals surface area contributed by atoms with Gasteiger partial charge in [0, 0.05) is 12.5 Å². The zero-order valence-corrected chi connectivity index (χ0v) is 8.04. The molecule has 0 heterocycles. The predicted molar refractivity (Wildman–Crippen MR) is 48.6 cm³/mol. The molecule has 0 bridgehead atoms. The molecule has 0 amide bonds.